The summed E-state index contributed by atoms with van der Waals surface area (Å²) in [5, 5.41) is 3.46. The molecule has 1 aliphatic rings. The third-order valence-corrected chi connectivity index (χ3v) is 4.29. The van der Waals surface area contributed by atoms with E-state index in [-0.39, 0.29) is 0 Å². The fourth-order valence-corrected chi connectivity index (χ4v) is 2.76. The SMILES string of the molecule is CC(C)NCc1ccc(N(C)C2CCN(C)CC2)cc1. The first-order valence-electron chi connectivity index (χ1n) is 7.80. The van der Waals surface area contributed by atoms with Crippen LogP contribution in [0.2, 0.25) is 0 Å². The van der Waals surface area contributed by atoms with Crippen molar-refractivity contribution in [2.24, 2.45) is 0 Å². The molecular formula is C17H29N3. The molecule has 0 unspecified atom stereocenters. The number of anilines is 1. The molecule has 1 saturated heterocycles. The number of hydrogen-bond acceptors (Lipinski definition) is 3. The van der Waals surface area contributed by atoms with Crippen molar-refractivity contribution in [1.82, 2.24) is 10.2 Å². The van der Waals surface area contributed by atoms with Crippen LogP contribution in [0.4, 0.5) is 5.69 Å². The second kappa shape index (κ2) is 7.09. The van der Waals surface area contributed by atoms with Crippen molar-refractivity contribution in [3.63, 3.8) is 0 Å². The van der Waals surface area contributed by atoms with Crippen molar-refractivity contribution in [3.05, 3.63) is 29.8 Å². The summed E-state index contributed by atoms with van der Waals surface area (Å²) in [6.07, 6.45) is 2.54. The highest BCUT2D eigenvalue weighted by molar-refractivity contribution is 5.48. The molecule has 2 rings (SSSR count). The highest BCUT2D eigenvalue weighted by atomic mass is 15.2. The first-order chi connectivity index (χ1) is 9.56. The predicted octanol–water partition coefficient (Wildman–Crippen LogP) is 2.72. The second-order valence-corrected chi connectivity index (χ2v) is 6.35. The summed E-state index contributed by atoms with van der Waals surface area (Å²) >= 11 is 0. The van der Waals surface area contributed by atoms with Gasteiger partial charge in [0.1, 0.15) is 0 Å². The normalized spacial score (nSPS) is 17.6. The summed E-state index contributed by atoms with van der Waals surface area (Å²) < 4.78 is 0. The summed E-state index contributed by atoms with van der Waals surface area (Å²) in [4.78, 5) is 4.87. The maximum atomic E-state index is 3.46. The molecule has 1 heterocycles. The Labute approximate surface area is 124 Å². The van der Waals surface area contributed by atoms with Crippen LogP contribution in [0, 0.1) is 0 Å². The number of piperidine rings is 1. The number of hydrogen-bond donors (Lipinski definition) is 1. The Morgan fingerprint density at radius 1 is 1.20 bits per heavy atom. The first kappa shape index (κ1) is 15.3. The lowest BCUT2D eigenvalue weighted by Gasteiger charge is -2.36. The van der Waals surface area contributed by atoms with E-state index < -0.39 is 0 Å². The molecule has 3 heteroatoms. The minimum Gasteiger partial charge on any atom is -0.372 e. The van der Waals surface area contributed by atoms with E-state index in [0.717, 1.165) is 6.54 Å². The molecule has 1 aromatic carbocycles. The molecule has 0 aliphatic carbocycles. The van der Waals surface area contributed by atoms with Crippen molar-refractivity contribution in [2.45, 2.75) is 45.3 Å². The van der Waals surface area contributed by atoms with E-state index in [2.05, 4.69) is 67.3 Å². The van der Waals surface area contributed by atoms with Gasteiger partial charge in [0.25, 0.3) is 0 Å². The zero-order chi connectivity index (χ0) is 14.5. The zero-order valence-corrected chi connectivity index (χ0v) is 13.4. The van der Waals surface area contributed by atoms with Crippen LogP contribution in [0.3, 0.4) is 0 Å². The smallest absolute Gasteiger partial charge is 0.0366 e. The minimum atomic E-state index is 0.538. The van der Waals surface area contributed by atoms with E-state index in [1.54, 1.807) is 0 Å². The van der Waals surface area contributed by atoms with E-state index in [0.29, 0.717) is 12.1 Å². The third-order valence-electron chi connectivity index (χ3n) is 4.29. The largest absolute Gasteiger partial charge is 0.372 e. The molecule has 0 radical (unpaired) electrons. The van der Waals surface area contributed by atoms with Crippen LogP contribution < -0.4 is 10.2 Å². The summed E-state index contributed by atoms with van der Waals surface area (Å²) in [5.41, 5.74) is 2.70. The van der Waals surface area contributed by atoms with Gasteiger partial charge >= 0.3 is 0 Å². The third kappa shape index (κ3) is 4.22. The molecule has 0 bridgehead atoms. The van der Waals surface area contributed by atoms with E-state index in [1.165, 1.54) is 37.2 Å². The van der Waals surface area contributed by atoms with Crippen molar-refractivity contribution in [2.75, 3.05) is 32.1 Å². The highest BCUT2D eigenvalue weighted by Crippen LogP contribution is 2.22. The van der Waals surface area contributed by atoms with E-state index in [1.807, 2.05) is 0 Å². The molecule has 20 heavy (non-hydrogen) atoms. The summed E-state index contributed by atoms with van der Waals surface area (Å²) in [6.45, 7) is 7.75. The maximum Gasteiger partial charge on any atom is 0.0366 e. The van der Waals surface area contributed by atoms with Crippen LogP contribution in [-0.4, -0.2) is 44.2 Å². The Bertz CT molecular complexity index is 391. The van der Waals surface area contributed by atoms with Crippen molar-refractivity contribution in [1.29, 1.82) is 0 Å². The van der Waals surface area contributed by atoms with Crippen molar-refractivity contribution < 1.29 is 0 Å². The second-order valence-electron chi connectivity index (χ2n) is 6.35. The molecule has 1 fully saturated rings. The summed E-state index contributed by atoms with van der Waals surface area (Å²) in [7, 11) is 4.45. The molecule has 1 aromatic rings. The fourth-order valence-electron chi connectivity index (χ4n) is 2.76. The fraction of sp³-hybridized carbons (Fsp3) is 0.647. The lowest BCUT2D eigenvalue weighted by molar-refractivity contribution is 0.253. The number of nitrogens with zero attached hydrogens (tertiary/aromatic N) is 2. The molecule has 0 spiro atoms. The number of likely N-dealkylation sites (tertiary alicyclic amines) is 1. The van der Waals surface area contributed by atoms with E-state index in [9.17, 15) is 0 Å². The van der Waals surface area contributed by atoms with Crippen molar-refractivity contribution >= 4 is 5.69 Å². The quantitative estimate of drug-likeness (QED) is 0.891. The van der Waals surface area contributed by atoms with Crippen LogP contribution >= 0.6 is 0 Å². The van der Waals surface area contributed by atoms with E-state index in [4.69, 9.17) is 0 Å². The van der Waals surface area contributed by atoms with Gasteiger partial charge in [0.2, 0.25) is 0 Å². The summed E-state index contributed by atoms with van der Waals surface area (Å²) in [6, 6.07) is 10.2. The van der Waals surface area contributed by atoms with Crippen LogP contribution in [-0.2, 0) is 6.54 Å². The van der Waals surface area contributed by atoms with Gasteiger partial charge < -0.3 is 15.1 Å². The maximum absolute atomic E-state index is 3.46. The molecule has 1 N–H and O–H groups in total. The van der Waals surface area contributed by atoms with Crippen molar-refractivity contribution in [3.8, 4) is 0 Å². The first-order valence-corrected chi connectivity index (χ1v) is 7.80. The van der Waals surface area contributed by atoms with Crippen LogP contribution in [0.5, 0.6) is 0 Å². The van der Waals surface area contributed by atoms with Gasteiger partial charge in [0, 0.05) is 31.4 Å². The molecule has 112 valence electrons. The Morgan fingerprint density at radius 2 is 1.80 bits per heavy atom. The molecule has 0 amide bonds. The Morgan fingerprint density at radius 3 is 2.35 bits per heavy atom. The Hall–Kier alpha value is -1.06. The monoisotopic (exact) mass is 275 g/mol. The molecular weight excluding hydrogens is 246 g/mol. The van der Waals surface area contributed by atoms with Crippen LogP contribution in [0.1, 0.15) is 32.3 Å². The molecule has 0 aromatic heterocycles. The van der Waals surface area contributed by atoms with Crippen LogP contribution in [0.15, 0.2) is 24.3 Å². The number of nitrogens with one attached hydrogen (secondary N) is 1. The molecule has 0 saturated carbocycles. The topological polar surface area (TPSA) is 18.5 Å². The molecule has 1 aliphatic heterocycles. The van der Waals surface area contributed by atoms with Gasteiger partial charge in [-0.3, -0.25) is 0 Å². The molecule has 3 nitrogen and oxygen atoms in total. The average molecular weight is 275 g/mol. The van der Waals surface area contributed by atoms with Gasteiger partial charge in [-0.15, -0.1) is 0 Å². The van der Waals surface area contributed by atoms with Gasteiger partial charge in [0.05, 0.1) is 0 Å². The molecule has 0 atom stereocenters. The number of benzene rings is 1. The predicted molar refractivity (Wildman–Crippen MR) is 87.3 cm³/mol. The lowest BCUT2D eigenvalue weighted by atomic mass is 10.0. The van der Waals surface area contributed by atoms with Crippen LogP contribution in [0.25, 0.3) is 0 Å². The lowest BCUT2D eigenvalue weighted by Crippen LogP contribution is -2.41. The standard InChI is InChI=1S/C17H29N3/c1-14(2)18-13-15-5-7-16(8-6-15)20(4)17-9-11-19(3)12-10-17/h5-8,14,17-18H,9-13H2,1-4H3. The van der Waals surface area contributed by atoms with Gasteiger partial charge in [-0.25, -0.2) is 0 Å². The highest BCUT2D eigenvalue weighted by Gasteiger charge is 2.20. The number of rotatable bonds is 5. The zero-order valence-electron chi connectivity index (χ0n) is 13.4. The van der Waals surface area contributed by atoms with Gasteiger partial charge in [-0.05, 0) is 50.7 Å². The van der Waals surface area contributed by atoms with Gasteiger partial charge in [-0.1, -0.05) is 26.0 Å². The van der Waals surface area contributed by atoms with Gasteiger partial charge in [0.15, 0.2) is 0 Å². The Balaban J connectivity index is 1.91. The minimum absolute atomic E-state index is 0.538. The average Bonchev–Trinajstić information content (AvgIpc) is 2.46. The van der Waals surface area contributed by atoms with Gasteiger partial charge in [-0.2, -0.15) is 0 Å². The summed E-state index contributed by atoms with van der Waals surface area (Å²) in [5.74, 6) is 0. The van der Waals surface area contributed by atoms with E-state index >= 15 is 0 Å². The Kier molecular flexibility index (Phi) is 5.44.